The summed E-state index contributed by atoms with van der Waals surface area (Å²) >= 11 is 0. The van der Waals surface area contributed by atoms with Crippen LogP contribution in [0.2, 0.25) is 0 Å². The first-order valence-corrected chi connectivity index (χ1v) is 7.69. The van der Waals surface area contributed by atoms with Crippen molar-refractivity contribution >= 4 is 0 Å². The Hall–Kier alpha value is -0.300. The van der Waals surface area contributed by atoms with E-state index < -0.39 is 0 Å². The highest BCUT2D eigenvalue weighted by molar-refractivity contribution is 4.81. The van der Waals surface area contributed by atoms with Crippen LogP contribution < -0.4 is 0 Å². The van der Waals surface area contributed by atoms with Gasteiger partial charge in [0.15, 0.2) is 0 Å². The molecular weight excluding hydrogens is 208 g/mol. The fourth-order valence-electron chi connectivity index (χ4n) is 2.66. The summed E-state index contributed by atoms with van der Waals surface area (Å²) in [5.41, 5.74) is 0. The van der Waals surface area contributed by atoms with Gasteiger partial charge in [0.2, 0.25) is 0 Å². The molecule has 0 aromatic heterocycles. The molecule has 0 spiro atoms. The molecule has 0 saturated carbocycles. The van der Waals surface area contributed by atoms with E-state index in [4.69, 9.17) is 0 Å². The maximum Gasteiger partial charge on any atom is 0.0459 e. The Balaban J connectivity index is 2.22. The molecule has 1 atom stereocenters. The van der Waals surface area contributed by atoms with Crippen molar-refractivity contribution < 1.29 is 5.11 Å². The maximum atomic E-state index is 9.33. The maximum absolute atomic E-state index is 9.33. The van der Waals surface area contributed by atoms with Crippen molar-refractivity contribution in [2.45, 2.75) is 77.0 Å². The Morgan fingerprint density at radius 3 is 1.76 bits per heavy atom. The minimum absolute atomic E-state index is 0.403. The smallest absolute Gasteiger partial charge is 0.0459 e. The molecule has 1 unspecified atom stereocenters. The zero-order valence-corrected chi connectivity index (χ0v) is 11.4. The zero-order chi connectivity index (χ0) is 12.2. The molecule has 0 fully saturated rings. The zero-order valence-electron chi connectivity index (χ0n) is 11.4. The van der Waals surface area contributed by atoms with E-state index in [-0.39, 0.29) is 0 Å². The van der Waals surface area contributed by atoms with Crippen LogP contribution in [-0.4, -0.2) is 11.7 Å². The van der Waals surface area contributed by atoms with Crippen molar-refractivity contribution in [2.75, 3.05) is 6.61 Å². The molecule has 1 aliphatic rings. The van der Waals surface area contributed by atoms with Gasteiger partial charge < -0.3 is 5.11 Å². The van der Waals surface area contributed by atoms with Gasteiger partial charge in [-0.15, -0.1) is 0 Å². The van der Waals surface area contributed by atoms with Gasteiger partial charge >= 0.3 is 0 Å². The molecule has 17 heavy (non-hydrogen) atoms. The summed E-state index contributed by atoms with van der Waals surface area (Å²) in [5, 5.41) is 9.33. The summed E-state index contributed by atoms with van der Waals surface area (Å²) in [6.45, 7) is 0.403. The van der Waals surface area contributed by atoms with Crippen LogP contribution >= 0.6 is 0 Å². The third kappa shape index (κ3) is 8.43. The van der Waals surface area contributed by atoms with Crippen LogP contribution in [0.3, 0.4) is 0 Å². The van der Waals surface area contributed by atoms with Gasteiger partial charge in [0.25, 0.3) is 0 Å². The predicted octanol–water partition coefficient (Wildman–Crippen LogP) is 4.85. The minimum Gasteiger partial charge on any atom is -0.396 e. The largest absolute Gasteiger partial charge is 0.396 e. The summed E-state index contributed by atoms with van der Waals surface area (Å²) in [7, 11) is 0. The molecule has 0 saturated heterocycles. The van der Waals surface area contributed by atoms with E-state index in [1.165, 1.54) is 77.0 Å². The van der Waals surface area contributed by atoms with E-state index in [0.717, 1.165) is 0 Å². The van der Waals surface area contributed by atoms with Crippen molar-refractivity contribution in [1.29, 1.82) is 0 Å². The fourth-order valence-corrected chi connectivity index (χ4v) is 2.66. The lowest BCUT2D eigenvalue weighted by Gasteiger charge is -2.13. The second-order valence-electron chi connectivity index (χ2n) is 5.50. The highest BCUT2D eigenvalue weighted by Gasteiger charge is 2.06. The molecule has 100 valence electrons. The molecule has 1 rings (SSSR count). The molecule has 0 amide bonds. The van der Waals surface area contributed by atoms with Crippen molar-refractivity contribution in [2.24, 2.45) is 5.92 Å². The standard InChI is InChI=1S/C16H30O/c17-15-16-13-11-9-7-5-3-1-2-4-6-8-10-12-14-16/h1,3,16-17H,2,4-15H2/b3-1+. The van der Waals surface area contributed by atoms with Gasteiger partial charge in [-0.05, 0) is 44.4 Å². The topological polar surface area (TPSA) is 20.2 Å². The molecule has 0 heterocycles. The van der Waals surface area contributed by atoms with Crippen LogP contribution in [0.5, 0.6) is 0 Å². The van der Waals surface area contributed by atoms with E-state index in [1.807, 2.05) is 0 Å². The van der Waals surface area contributed by atoms with Crippen LogP contribution in [0.1, 0.15) is 77.0 Å². The Kier molecular flexibility index (Phi) is 9.40. The van der Waals surface area contributed by atoms with Crippen molar-refractivity contribution in [1.82, 2.24) is 0 Å². The molecule has 1 N–H and O–H groups in total. The van der Waals surface area contributed by atoms with E-state index in [9.17, 15) is 5.11 Å². The summed E-state index contributed by atoms with van der Waals surface area (Å²) in [6.07, 6.45) is 20.5. The van der Waals surface area contributed by atoms with Gasteiger partial charge in [-0.3, -0.25) is 0 Å². The average Bonchev–Trinajstić information content (AvgIpc) is 2.36. The number of hydrogen-bond donors (Lipinski definition) is 1. The van der Waals surface area contributed by atoms with Crippen molar-refractivity contribution in [3.63, 3.8) is 0 Å². The molecule has 0 aromatic carbocycles. The second kappa shape index (κ2) is 10.8. The summed E-state index contributed by atoms with van der Waals surface area (Å²) in [5.74, 6) is 0.579. The Morgan fingerprint density at radius 1 is 0.706 bits per heavy atom. The lowest BCUT2D eigenvalue weighted by atomic mass is 9.95. The van der Waals surface area contributed by atoms with Crippen LogP contribution in [0.25, 0.3) is 0 Å². The summed E-state index contributed by atoms with van der Waals surface area (Å²) in [4.78, 5) is 0. The molecule has 0 aromatic rings. The Bertz CT molecular complexity index is 186. The van der Waals surface area contributed by atoms with Gasteiger partial charge in [-0.25, -0.2) is 0 Å². The third-order valence-corrected chi connectivity index (χ3v) is 3.89. The number of aliphatic hydroxyl groups is 1. The first kappa shape index (κ1) is 14.8. The lowest BCUT2D eigenvalue weighted by Crippen LogP contribution is -2.06. The molecule has 0 aliphatic heterocycles. The monoisotopic (exact) mass is 238 g/mol. The fraction of sp³-hybridized carbons (Fsp3) is 0.875. The van der Waals surface area contributed by atoms with Crippen LogP contribution in [0.4, 0.5) is 0 Å². The van der Waals surface area contributed by atoms with Gasteiger partial charge in [-0.1, -0.05) is 50.7 Å². The Morgan fingerprint density at radius 2 is 1.18 bits per heavy atom. The van der Waals surface area contributed by atoms with E-state index >= 15 is 0 Å². The highest BCUT2D eigenvalue weighted by atomic mass is 16.3. The normalized spacial score (nSPS) is 27.9. The SMILES string of the molecule is OCC1CCCCC/C=C/CCCCCCC1. The van der Waals surface area contributed by atoms with Crippen LogP contribution in [-0.2, 0) is 0 Å². The Labute approximate surface area is 107 Å². The number of aliphatic hydroxyl groups excluding tert-OH is 1. The molecule has 0 radical (unpaired) electrons. The molecular formula is C16H30O. The lowest BCUT2D eigenvalue weighted by molar-refractivity contribution is 0.204. The van der Waals surface area contributed by atoms with Gasteiger partial charge in [-0.2, -0.15) is 0 Å². The van der Waals surface area contributed by atoms with E-state index in [0.29, 0.717) is 12.5 Å². The highest BCUT2D eigenvalue weighted by Crippen LogP contribution is 2.18. The van der Waals surface area contributed by atoms with E-state index in [2.05, 4.69) is 12.2 Å². The summed E-state index contributed by atoms with van der Waals surface area (Å²) in [6, 6.07) is 0. The third-order valence-electron chi connectivity index (χ3n) is 3.89. The van der Waals surface area contributed by atoms with Gasteiger partial charge in [0, 0.05) is 6.61 Å². The van der Waals surface area contributed by atoms with E-state index in [1.54, 1.807) is 0 Å². The second-order valence-corrected chi connectivity index (χ2v) is 5.50. The minimum atomic E-state index is 0.403. The number of hydrogen-bond acceptors (Lipinski definition) is 1. The van der Waals surface area contributed by atoms with Gasteiger partial charge in [0.05, 0.1) is 0 Å². The molecule has 0 bridgehead atoms. The quantitative estimate of drug-likeness (QED) is 0.648. The molecule has 1 nitrogen and oxygen atoms in total. The van der Waals surface area contributed by atoms with Crippen molar-refractivity contribution in [3.8, 4) is 0 Å². The number of allylic oxidation sites excluding steroid dienone is 2. The first-order chi connectivity index (χ1) is 8.43. The van der Waals surface area contributed by atoms with Crippen LogP contribution in [0.15, 0.2) is 12.2 Å². The number of rotatable bonds is 1. The predicted molar refractivity (Wildman–Crippen MR) is 75.1 cm³/mol. The van der Waals surface area contributed by atoms with Gasteiger partial charge in [0.1, 0.15) is 0 Å². The first-order valence-electron chi connectivity index (χ1n) is 7.69. The summed E-state index contributed by atoms with van der Waals surface area (Å²) < 4.78 is 0. The molecule has 1 heteroatoms. The van der Waals surface area contributed by atoms with Crippen LogP contribution in [0, 0.1) is 5.92 Å². The average molecular weight is 238 g/mol. The van der Waals surface area contributed by atoms with Crippen molar-refractivity contribution in [3.05, 3.63) is 12.2 Å². The molecule has 1 aliphatic carbocycles.